The van der Waals surface area contributed by atoms with Crippen molar-refractivity contribution in [1.82, 2.24) is 0 Å². The van der Waals surface area contributed by atoms with Crippen molar-refractivity contribution in [3.8, 4) is 0 Å². The van der Waals surface area contributed by atoms with Crippen molar-refractivity contribution < 1.29 is 4.74 Å². The lowest BCUT2D eigenvalue weighted by atomic mass is 9.79. The summed E-state index contributed by atoms with van der Waals surface area (Å²) in [6, 6.07) is 0. The van der Waals surface area contributed by atoms with Crippen LogP contribution in [0.2, 0.25) is 5.82 Å². The summed E-state index contributed by atoms with van der Waals surface area (Å²) < 4.78 is 5.23. The van der Waals surface area contributed by atoms with Gasteiger partial charge in [-0.05, 0) is 13.3 Å². The first-order valence-electron chi connectivity index (χ1n) is 5.23. The highest BCUT2D eigenvalue weighted by atomic mass is 16.5. The normalized spacial score (nSPS) is 15.9. The van der Waals surface area contributed by atoms with Crippen molar-refractivity contribution in [1.29, 1.82) is 0 Å². The minimum atomic E-state index is 0.432. The van der Waals surface area contributed by atoms with E-state index >= 15 is 0 Å². The first-order chi connectivity index (χ1) is 5.70. The molecular formula is C10H23BO. The predicted octanol–water partition coefficient (Wildman–Crippen LogP) is 2.41. The molecule has 0 saturated heterocycles. The third-order valence-electron chi connectivity index (χ3n) is 2.44. The summed E-state index contributed by atoms with van der Waals surface area (Å²) in [6.45, 7) is 4.40. The molecule has 72 valence electrons. The van der Waals surface area contributed by atoms with Gasteiger partial charge in [0.05, 0.1) is 6.10 Å². The SMILES string of the molecule is B[C@H](CCCCC)CC(C)OC. The maximum Gasteiger partial charge on any atom is 0.105 e. The number of hydrogen-bond donors (Lipinski definition) is 0. The van der Waals surface area contributed by atoms with E-state index in [1.54, 1.807) is 7.11 Å². The van der Waals surface area contributed by atoms with Crippen molar-refractivity contribution in [2.75, 3.05) is 7.11 Å². The lowest BCUT2D eigenvalue weighted by molar-refractivity contribution is 0.108. The second-order valence-corrected chi connectivity index (χ2v) is 3.88. The van der Waals surface area contributed by atoms with E-state index in [0.717, 1.165) is 5.82 Å². The Morgan fingerprint density at radius 1 is 1.33 bits per heavy atom. The molecule has 12 heavy (non-hydrogen) atoms. The van der Waals surface area contributed by atoms with Gasteiger partial charge in [0, 0.05) is 7.11 Å². The number of ether oxygens (including phenoxy) is 1. The highest BCUT2D eigenvalue weighted by Crippen LogP contribution is 2.18. The largest absolute Gasteiger partial charge is 0.382 e. The lowest BCUT2D eigenvalue weighted by Gasteiger charge is -2.15. The van der Waals surface area contributed by atoms with Gasteiger partial charge in [0.15, 0.2) is 0 Å². The van der Waals surface area contributed by atoms with Crippen molar-refractivity contribution in [3.63, 3.8) is 0 Å². The summed E-state index contributed by atoms with van der Waals surface area (Å²) >= 11 is 0. The molecule has 0 spiro atoms. The highest BCUT2D eigenvalue weighted by molar-refractivity contribution is 6.11. The van der Waals surface area contributed by atoms with Gasteiger partial charge in [-0.3, -0.25) is 0 Å². The fourth-order valence-electron chi connectivity index (χ4n) is 1.52. The van der Waals surface area contributed by atoms with Crippen molar-refractivity contribution >= 4 is 7.85 Å². The average molecular weight is 170 g/mol. The molecule has 0 N–H and O–H groups in total. The van der Waals surface area contributed by atoms with Crippen molar-refractivity contribution in [3.05, 3.63) is 0 Å². The molecule has 0 amide bonds. The number of unbranched alkanes of at least 4 members (excludes halogenated alkanes) is 2. The van der Waals surface area contributed by atoms with Crippen LogP contribution in [0.5, 0.6) is 0 Å². The highest BCUT2D eigenvalue weighted by Gasteiger charge is 2.06. The lowest BCUT2D eigenvalue weighted by Crippen LogP contribution is -2.08. The van der Waals surface area contributed by atoms with E-state index in [1.165, 1.54) is 32.1 Å². The van der Waals surface area contributed by atoms with Crippen LogP contribution in [0.25, 0.3) is 0 Å². The topological polar surface area (TPSA) is 9.23 Å². The van der Waals surface area contributed by atoms with Crippen LogP contribution in [0.4, 0.5) is 0 Å². The van der Waals surface area contributed by atoms with E-state index in [0.29, 0.717) is 6.10 Å². The van der Waals surface area contributed by atoms with Gasteiger partial charge in [0.1, 0.15) is 7.85 Å². The van der Waals surface area contributed by atoms with Crippen LogP contribution >= 0.6 is 0 Å². The minimum absolute atomic E-state index is 0.432. The third kappa shape index (κ3) is 6.72. The molecule has 0 saturated carbocycles. The van der Waals surface area contributed by atoms with Gasteiger partial charge in [0.25, 0.3) is 0 Å². The Morgan fingerprint density at radius 2 is 2.00 bits per heavy atom. The smallest absolute Gasteiger partial charge is 0.105 e. The molecule has 0 heterocycles. The van der Waals surface area contributed by atoms with E-state index in [2.05, 4.69) is 21.7 Å². The Bertz CT molecular complexity index is 95.8. The van der Waals surface area contributed by atoms with E-state index in [4.69, 9.17) is 4.74 Å². The van der Waals surface area contributed by atoms with Crippen LogP contribution in [0.1, 0.15) is 46.0 Å². The fraction of sp³-hybridized carbons (Fsp3) is 1.00. The molecule has 0 radical (unpaired) electrons. The standard InChI is InChI=1S/C10H23BO/c1-4-5-6-7-10(11)8-9(2)12-3/h9-10H,4-8,11H2,1-3H3/t9?,10-/m1/s1. The van der Waals surface area contributed by atoms with Crippen LogP contribution < -0.4 is 0 Å². The Kier molecular flexibility index (Phi) is 7.68. The first-order valence-corrected chi connectivity index (χ1v) is 5.23. The summed E-state index contributed by atoms with van der Waals surface area (Å²) in [5, 5.41) is 0. The minimum Gasteiger partial charge on any atom is -0.382 e. The fourth-order valence-corrected chi connectivity index (χ4v) is 1.52. The van der Waals surface area contributed by atoms with Gasteiger partial charge >= 0.3 is 0 Å². The van der Waals surface area contributed by atoms with Crippen molar-refractivity contribution in [2.24, 2.45) is 0 Å². The maximum atomic E-state index is 5.23. The van der Waals surface area contributed by atoms with Gasteiger partial charge in [-0.1, -0.05) is 38.4 Å². The second-order valence-electron chi connectivity index (χ2n) is 3.88. The van der Waals surface area contributed by atoms with Gasteiger partial charge in [-0.2, -0.15) is 0 Å². The van der Waals surface area contributed by atoms with E-state index in [1.807, 2.05) is 0 Å². The zero-order valence-corrected chi connectivity index (χ0v) is 9.10. The Labute approximate surface area is 78.3 Å². The molecule has 1 unspecified atom stereocenters. The van der Waals surface area contributed by atoms with Crippen LogP contribution in [0, 0.1) is 0 Å². The third-order valence-corrected chi connectivity index (χ3v) is 2.44. The molecule has 0 bridgehead atoms. The summed E-state index contributed by atoms with van der Waals surface area (Å²) in [5.74, 6) is 0.825. The summed E-state index contributed by atoms with van der Waals surface area (Å²) in [5.41, 5.74) is 0. The molecule has 0 aromatic carbocycles. The molecule has 0 fully saturated rings. The van der Waals surface area contributed by atoms with Gasteiger partial charge in [-0.15, -0.1) is 0 Å². The monoisotopic (exact) mass is 170 g/mol. The van der Waals surface area contributed by atoms with Gasteiger partial charge in [0.2, 0.25) is 0 Å². The Morgan fingerprint density at radius 3 is 2.50 bits per heavy atom. The van der Waals surface area contributed by atoms with E-state index in [-0.39, 0.29) is 0 Å². The average Bonchev–Trinajstić information content (AvgIpc) is 2.05. The van der Waals surface area contributed by atoms with Crippen molar-refractivity contribution in [2.45, 2.75) is 57.9 Å². The van der Waals surface area contributed by atoms with Crippen LogP contribution in [-0.2, 0) is 4.74 Å². The van der Waals surface area contributed by atoms with Gasteiger partial charge in [-0.25, -0.2) is 0 Å². The molecule has 1 nitrogen and oxygen atoms in total. The molecule has 0 aliphatic carbocycles. The first kappa shape index (κ1) is 12.0. The quantitative estimate of drug-likeness (QED) is 0.421. The van der Waals surface area contributed by atoms with Crippen LogP contribution in [0.15, 0.2) is 0 Å². The second kappa shape index (κ2) is 7.66. The molecule has 2 heteroatoms. The molecule has 2 atom stereocenters. The van der Waals surface area contributed by atoms with Crippen LogP contribution in [0.3, 0.4) is 0 Å². The molecule has 0 aromatic rings. The summed E-state index contributed by atoms with van der Waals surface area (Å²) in [4.78, 5) is 0. The molecule has 0 aliphatic rings. The van der Waals surface area contributed by atoms with E-state index in [9.17, 15) is 0 Å². The number of rotatable bonds is 7. The van der Waals surface area contributed by atoms with Crippen LogP contribution in [-0.4, -0.2) is 21.1 Å². The molecular weight excluding hydrogens is 147 g/mol. The van der Waals surface area contributed by atoms with E-state index < -0.39 is 0 Å². The zero-order chi connectivity index (χ0) is 9.40. The molecule has 0 aliphatic heterocycles. The summed E-state index contributed by atoms with van der Waals surface area (Å²) in [7, 11) is 4.12. The number of hydrogen-bond acceptors (Lipinski definition) is 1. The molecule has 0 rings (SSSR count). The molecule has 0 aromatic heterocycles. The summed E-state index contributed by atoms with van der Waals surface area (Å²) in [6.07, 6.45) is 7.09. The predicted molar refractivity (Wildman–Crippen MR) is 57.5 cm³/mol. The Hall–Kier alpha value is 0.0249. The maximum absolute atomic E-state index is 5.23. The Balaban J connectivity index is 3.26. The zero-order valence-electron chi connectivity index (χ0n) is 9.10. The number of methoxy groups -OCH3 is 1. The van der Waals surface area contributed by atoms with Gasteiger partial charge < -0.3 is 4.74 Å².